The fraction of sp³-hybridized carbons (Fsp3) is 0.429. The molecule has 1 aromatic carbocycles. The highest BCUT2D eigenvalue weighted by Crippen LogP contribution is 2.35. The predicted octanol–water partition coefficient (Wildman–Crippen LogP) is 3.80. The van der Waals surface area contributed by atoms with Crippen molar-refractivity contribution >= 4 is 33.6 Å². The zero-order valence-corrected chi connectivity index (χ0v) is 13.7. The molecule has 9 heteroatoms. The maximum atomic E-state index is 12.6. The van der Waals surface area contributed by atoms with Gasteiger partial charge in [-0.05, 0) is 47.5 Å². The van der Waals surface area contributed by atoms with Gasteiger partial charge in [0.15, 0.2) is 0 Å². The van der Waals surface area contributed by atoms with Crippen molar-refractivity contribution in [1.82, 2.24) is 4.90 Å². The second-order valence-electron chi connectivity index (χ2n) is 5.66. The van der Waals surface area contributed by atoms with E-state index < -0.39 is 29.2 Å². The van der Waals surface area contributed by atoms with Crippen molar-refractivity contribution < 1.29 is 27.9 Å². The van der Waals surface area contributed by atoms with Crippen LogP contribution in [0.4, 0.5) is 23.7 Å². The molecule has 0 radical (unpaired) electrons. The Morgan fingerprint density at radius 2 is 2.04 bits per heavy atom. The number of rotatable bonds is 2. The van der Waals surface area contributed by atoms with Crippen LogP contribution in [0.3, 0.4) is 0 Å². The van der Waals surface area contributed by atoms with E-state index >= 15 is 0 Å². The zero-order chi connectivity index (χ0) is 17.4. The van der Waals surface area contributed by atoms with Gasteiger partial charge in [0.05, 0.1) is 16.7 Å². The minimum absolute atomic E-state index is 0.0480. The average Bonchev–Trinajstić information content (AvgIpc) is 2.84. The van der Waals surface area contributed by atoms with Crippen LogP contribution in [-0.4, -0.2) is 35.1 Å². The van der Waals surface area contributed by atoms with E-state index in [1.807, 2.05) is 0 Å². The molecule has 0 bridgehead atoms. The number of anilines is 1. The number of carbonyl (C=O) groups excluding carboxylic acids is 1. The second-order valence-corrected chi connectivity index (χ2v) is 6.51. The molecule has 2 N–H and O–H groups in total. The van der Waals surface area contributed by atoms with Gasteiger partial charge in [-0.25, -0.2) is 4.79 Å². The quantitative estimate of drug-likeness (QED) is 0.801. The van der Waals surface area contributed by atoms with Crippen LogP contribution in [-0.2, 0) is 11.0 Å². The lowest BCUT2D eigenvalue weighted by Crippen LogP contribution is -2.37. The normalized spacial score (nSPS) is 21.3. The molecule has 1 aromatic rings. The highest BCUT2D eigenvalue weighted by Gasteiger charge is 2.42. The molecule has 5 nitrogen and oxygen atoms in total. The molecule has 0 spiro atoms. The van der Waals surface area contributed by atoms with Crippen LogP contribution in [0, 0.1) is 5.41 Å². The van der Waals surface area contributed by atoms with Gasteiger partial charge in [0.25, 0.3) is 0 Å². The zero-order valence-electron chi connectivity index (χ0n) is 12.1. The van der Waals surface area contributed by atoms with Gasteiger partial charge < -0.3 is 15.3 Å². The first-order valence-corrected chi connectivity index (χ1v) is 7.48. The summed E-state index contributed by atoms with van der Waals surface area (Å²) in [6, 6.07) is 2.35. The third kappa shape index (κ3) is 3.77. The van der Waals surface area contributed by atoms with Crippen LogP contribution < -0.4 is 5.32 Å². The van der Waals surface area contributed by atoms with Gasteiger partial charge in [0.2, 0.25) is 0 Å². The third-order valence-electron chi connectivity index (χ3n) is 3.81. The number of halogens is 4. The van der Waals surface area contributed by atoms with Crippen LogP contribution in [0.25, 0.3) is 0 Å². The summed E-state index contributed by atoms with van der Waals surface area (Å²) < 4.78 is 37.9. The highest BCUT2D eigenvalue weighted by atomic mass is 79.9. The van der Waals surface area contributed by atoms with E-state index in [4.69, 9.17) is 5.11 Å². The Morgan fingerprint density at radius 3 is 2.52 bits per heavy atom. The number of aliphatic carboxylic acids is 1. The standard InChI is InChI=1S/C14H14BrF3N2O3/c1-13(11(21)22)4-5-20(7-13)12(23)19-10-3-2-8(6-9(10)15)14(16,17)18/h2-3,6H,4-5,7H2,1H3,(H,19,23)(H,21,22). The van der Waals surface area contributed by atoms with Crippen molar-refractivity contribution in [2.45, 2.75) is 19.5 Å². The van der Waals surface area contributed by atoms with E-state index in [0.717, 1.165) is 18.2 Å². The molecule has 1 aliphatic heterocycles. The van der Waals surface area contributed by atoms with Gasteiger partial charge in [0, 0.05) is 17.6 Å². The minimum Gasteiger partial charge on any atom is -0.481 e. The summed E-state index contributed by atoms with van der Waals surface area (Å²) in [6.45, 7) is 1.87. The number of amides is 2. The summed E-state index contributed by atoms with van der Waals surface area (Å²) in [5, 5.41) is 11.6. The number of alkyl halides is 3. The van der Waals surface area contributed by atoms with E-state index in [1.165, 1.54) is 4.90 Å². The Hall–Kier alpha value is -1.77. The molecule has 2 rings (SSSR count). The summed E-state index contributed by atoms with van der Waals surface area (Å²) in [6.07, 6.45) is -4.15. The van der Waals surface area contributed by atoms with Crippen LogP contribution in [0.5, 0.6) is 0 Å². The molecule has 23 heavy (non-hydrogen) atoms. The topological polar surface area (TPSA) is 69.6 Å². The molecule has 1 unspecified atom stereocenters. The molecule has 0 aromatic heterocycles. The lowest BCUT2D eigenvalue weighted by atomic mass is 9.90. The first kappa shape index (κ1) is 17.6. The van der Waals surface area contributed by atoms with Crippen molar-refractivity contribution in [2.24, 2.45) is 5.41 Å². The minimum atomic E-state index is -4.47. The van der Waals surface area contributed by atoms with Crippen molar-refractivity contribution in [2.75, 3.05) is 18.4 Å². The first-order valence-electron chi connectivity index (χ1n) is 6.69. The monoisotopic (exact) mass is 394 g/mol. The maximum absolute atomic E-state index is 12.6. The van der Waals surface area contributed by atoms with Crippen molar-refractivity contribution in [3.05, 3.63) is 28.2 Å². The number of likely N-dealkylation sites (tertiary alicyclic amines) is 1. The molecule has 126 valence electrons. The van der Waals surface area contributed by atoms with Crippen molar-refractivity contribution in [1.29, 1.82) is 0 Å². The number of carbonyl (C=O) groups is 2. The Balaban J connectivity index is 2.09. The second kappa shape index (κ2) is 6.03. The van der Waals surface area contributed by atoms with Crippen LogP contribution in [0.2, 0.25) is 0 Å². The number of urea groups is 1. The number of benzene rings is 1. The first-order chi connectivity index (χ1) is 10.5. The van der Waals surface area contributed by atoms with Crippen molar-refractivity contribution in [3.63, 3.8) is 0 Å². The predicted molar refractivity (Wildman–Crippen MR) is 80.1 cm³/mol. The molecule has 2 amide bonds. The molecule has 1 aliphatic rings. The maximum Gasteiger partial charge on any atom is 0.416 e. The van der Waals surface area contributed by atoms with E-state index in [1.54, 1.807) is 6.92 Å². The summed E-state index contributed by atoms with van der Waals surface area (Å²) in [5.41, 5.74) is -1.65. The molecule has 1 fully saturated rings. The molecular weight excluding hydrogens is 381 g/mol. The van der Waals surface area contributed by atoms with Gasteiger partial charge >= 0.3 is 18.2 Å². The largest absolute Gasteiger partial charge is 0.481 e. The molecule has 1 heterocycles. The number of nitrogens with zero attached hydrogens (tertiary/aromatic N) is 1. The number of hydrogen-bond donors (Lipinski definition) is 2. The SMILES string of the molecule is CC1(C(=O)O)CCN(C(=O)Nc2ccc(C(F)(F)F)cc2Br)C1. The molecule has 1 atom stereocenters. The van der Waals surface area contributed by atoms with Gasteiger partial charge in [0.1, 0.15) is 0 Å². The van der Waals surface area contributed by atoms with Gasteiger partial charge in [-0.15, -0.1) is 0 Å². The Bertz CT molecular complexity index is 651. The van der Waals surface area contributed by atoms with Crippen LogP contribution >= 0.6 is 15.9 Å². The smallest absolute Gasteiger partial charge is 0.416 e. The van der Waals surface area contributed by atoms with Crippen LogP contribution in [0.1, 0.15) is 18.9 Å². The van der Waals surface area contributed by atoms with Gasteiger partial charge in [-0.2, -0.15) is 13.2 Å². The van der Waals surface area contributed by atoms with E-state index in [9.17, 15) is 22.8 Å². The van der Waals surface area contributed by atoms with E-state index in [0.29, 0.717) is 6.42 Å². The third-order valence-corrected chi connectivity index (χ3v) is 4.47. The van der Waals surface area contributed by atoms with Crippen LogP contribution in [0.15, 0.2) is 22.7 Å². The lowest BCUT2D eigenvalue weighted by molar-refractivity contribution is -0.147. The number of hydrogen-bond acceptors (Lipinski definition) is 2. The lowest BCUT2D eigenvalue weighted by Gasteiger charge is -2.21. The summed E-state index contributed by atoms with van der Waals surface area (Å²) in [7, 11) is 0. The molecule has 0 aliphatic carbocycles. The molecule has 0 saturated carbocycles. The van der Waals surface area contributed by atoms with Crippen molar-refractivity contribution in [3.8, 4) is 0 Å². The number of carboxylic acid groups (broad SMARTS) is 1. The summed E-state index contributed by atoms with van der Waals surface area (Å²) in [4.78, 5) is 24.6. The molecule has 1 saturated heterocycles. The summed E-state index contributed by atoms with van der Waals surface area (Å²) in [5.74, 6) is -0.983. The average molecular weight is 395 g/mol. The Labute approximate surface area is 138 Å². The number of carboxylic acids is 1. The summed E-state index contributed by atoms with van der Waals surface area (Å²) >= 11 is 2.99. The van der Waals surface area contributed by atoms with Gasteiger partial charge in [-0.1, -0.05) is 0 Å². The highest BCUT2D eigenvalue weighted by molar-refractivity contribution is 9.10. The van der Waals surface area contributed by atoms with Gasteiger partial charge in [-0.3, -0.25) is 4.79 Å². The fourth-order valence-corrected chi connectivity index (χ4v) is 2.77. The van der Waals surface area contributed by atoms with E-state index in [-0.39, 0.29) is 23.2 Å². The number of nitrogens with one attached hydrogen (secondary N) is 1. The Morgan fingerprint density at radius 1 is 1.39 bits per heavy atom. The van der Waals surface area contributed by atoms with E-state index in [2.05, 4.69) is 21.2 Å². The Kier molecular flexibility index (Phi) is 4.61. The fourth-order valence-electron chi connectivity index (χ4n) is 2.30. The molecular formula is C14H14BrF3N2O3.